The lowest BCUT2D eigenvalue weighted by atomic mass is 10.0. The van der Waals surface area contributed by atoms with E-state index in [2.05, 4.69) is 15.6 Å². The number of likely N-dealkylation sites (tertiary alicyclic amines) is 1. The van der Waals surface area contributed by atoms with Crippen LogP contribution in [0.1, 0.15) is 43.6 Å². The standard InChI is InChI=1S/C29H33N5O7/c1-18(2)26(32-27(38)21-16-33-13-7-6-12-24(33)30-21)29(40)34-14-8-11-22(34)28(39)31-20(15-25(36)37)23(35)17-41-19-9-4-3-5-10-19/h3-7,9-10,12-13,16,18,20,22,26H,8,11,14-15,17H2,1-2H3,(H,31,39)(H,32,38)(H,36,37)/t20-,22-,26-/m0/s1. The second kappa shape index (κ2) is 13.1. The summed E-state index contributed by atoms with van der Waals surface area (Å²) in [6.07, 6.45) is 3.56. The van der Waals surface area contributed by atoms with Crippen molar-refractivity contribution in [2.45, 2.75) is 51.2 Å². The molecule has 1 aliphatic heterocycles. The second-order valence-electron chi connectivity index (χ2n) is 10.2. The van der Waals surface area contributed by atoms with E-state index in [4.69, 9.17) is 4.74 Å². The zero-order valence-electron chi connectivity index (χ0n) is 22.9. The predicted molar refractivity (Wildman–Crippen MR) is 147 cm³/mol. The number of fused-ring (bicyclic) bond motifs is 1. The van der Waals surface area contributed by atoms with Gasteiger partial charge in [0.25, 0.3) is 5.91 Å². The molecular weight excluding hydrogens is 530 g/mol. The molecule has 0 saturated carbocycles. The van der Waals surface area contributed by atoms with E-state index >= 15 is 0 Å². The molecule has 0 radical (unpaired) electrons. The second-order valence-corrected chi connectivity index (χ2v) is 10.2. The molecule has 12 heteroatoms. The van der Waals surface area contributed by atoms with Crippen molar-refractivity contribution >= 4 is 35.1 Å². The Morgan fingerprint density at radius 1 is 1.05 bits per heavy atom. The smallest absolute Gasteiger partial charge is 0.305 e. The number of nitrogens with one attached hydrogen (secondary N) is 2. The Balaban J connectivity index is 1.43. The van der Waals surface area contributed by atoms with Crippen molar-refractivity contribution in [1.82, 2.24) is 24.9 Å². The Hall–Kier alpha value is -4.74. The number of rotatable bonds is 12. The first-order chi connectivity index (χ1) is 19.6. The average molecular weight is 564 g/mol. The molecule has 3 atom stereocenters. The number of aliphatic carboxylic acids is 1. The number of Topliss-reactive ketones (excluding diaryl/α,β-unsaturated/α-hetero) is 1. The summed E-state index contributed by atoms with van der Waals surface area (Å²) in [6.45, 7) is 3.41. The highest BCUT2D eigenvalue weighted by atomic mass is 16.5. The van der Waals surface area contributed by atoms with Crippen LogP contribution in [0.15, 0.2) is 60.9 Å². The Kier molecular flexibility index (Phi) is 9.33. The first-order valence-electron chi connectivity index (χ1n) is 13.4. The number of carboxylic acid groups (broad SMARTS) is 1. The zero-order valence-corrected chi connectivity index (χ0v) is 22.9. The number of imidazole rings is 1. The van der Waals surface area contributed by atoms with Gasteiger partial charge in [0.1, 0.15) is 41.8 Å². The number of hydrogen-bond acceptors (Lipinski definition) is 7. The van der Waals surface area contributed by atoms with Crippen LogP contribution in [0, 0.1) is 5.92 Å². The molecule has 4 rings (SSSR count). The van der Waals surface area contributed by atoms with Gasteiger partial charge in [-0.25, -0.2) is 4.98 Å². The third-order valence-electron chi connectivity index (χ3n) is 6.86. The number of carbonyl (C=O) groups is 5. The van der Waals surface area contributed by atoms with Crippen molar-refractivity contribution in [1.29, 1.82) is 0 Å². The van der Waals surface area contributed by atoms with E-state index in [0.717, 1.165) is 0 Å². The maximum Gasteiger partial charge on any atom is 0.305 e. The maximum atomic E-state index is 13.6. The van der Waals surface area contributed by atoms with E-state index in [1.54, 1.807) is 79.2 Å². The topological polar surface area (TPSA) is 159 Å². The van der Waals surface area contributed by atoms with Gasteiger partial charge >= 0.3 is 5.97 Å². The maximum absolute atomic E-state index is 13.6. The third-order valence-corrected chi connectivity index (χ3v) is 6.86. The summed E-state index contributed by atoms with van der Waals surface area (Å²) in [6, 6.07) is 10.7. The Morgan fingerprint density at radius 3 is 2.46 bits per heavy atom. The van der Waals surface area contributed by atoms with Gasteiger partial charge in [0.15, 0.2) is 5.78 Å². The molecule has 2 aromatic heterocycles. The molecule has 216 valence electrons. The minimum atomic E-state index is -1.34. The number of aromatic nitrogens is 2. The van der Waals surface area contributed by atoms with Gasteiger partial charge in [-0.05, 0) is 43.0 Å². The molecule has 41 heavy (non-hydrogen) atoms. The monoisotopic (exact) mass is 563 g/mol. The number of benzene rings is 1. The summed E-state index contributed by atoms with van der Waals surface area (Å²) < 4.78 is 7.14. The predicted octanol–water partition coefficient (Wildman–Crippen LogP) is 1.69. The summed E-state index contributed by atoms with van der Waals surface area (Å²) in [5.41, 5.74) is 0.735. The molecular formula is C29H33N5O7. The van der Waals surface area contributed by atoms with Crippen molar-refractivity contribution in [2.75, 3.05) is 13.2 Å². The lowest BCUT2D eigenvalue weighted by Crippen LogP contribution is -2.57. The third kappa shape index (κ3) is 7.27. The summed E-state index contributed by atoms with van der Waals surface area (Å²) in [5, 5.41) is 14.6. The van der Waals surface area contributed by atoms with E-state index in [1.165, 1.54) is 4.90 Å². The number of ether oxygens (including phenoxy) is 1. The molecule has 1 fully saturated rings. The lowest BCUT2D eigenvalue weighted by molar-refractivity contribution is -0.143. The van der Waals surface area contributed by atoms with E-state index in [1.807, 2.05) is 0 Å². The Morgan fingerprint density at radius 2 is 1.78 bits per heavy atom. The molecule has 3 N–H and O–H groups in total. The number of ketones is 1. The molecule has 3 heterocycles. The van der Waals surface area contributed by atoms with Crippen molar-refractivity contribution < 1.29 is 33.8 Å². The fourth-order valence-corrected chi connectivity index (χ4v) is 4.71. The van der Waals surface area contributed by atoms with E-state index in [9.17, 15) is 29.1 Å². The zero-order chi connectivity index (χ0) is 29.5. The number of pyridine rings is 1. The van der Waals surface area contributed by atoms with Crippen LogP contribution in [0.3, 0.4) is 0 Å². The molecule has 3 amide bonds. The van der Waals surface area contributed by atoms with Crippen LogP contribution in [0.25, 0.3) is 5.65 Å². The van der Waals surface area contributed by atoms with E-state index in [0.29, 0.717) is 24.2 Å². The highest BCUT2D eigenvalue weighted by Gasteiger charge is 2.40. The van der Waals surface area contributed by atoms with E-state index in [-0.39, 0.29) is 18.2 Å². The Labute approximate surface area is 236 Å². The van der Waals surface area contributed by atoms with Gasteiger partial charge in [-0.3, -0.25) is 24.0 Å². The Bertz CT molecular complexity index is 1390. The lowest BCUT2D eigenvalue weighted by Gasteiger charge is -2.31. The number of para-hydroxylation sites is 1. The van der Waals surface area contributed by atoms with Gasteiger partial charge in [-0.15, -0.1) is 0 Å². The van der Waals surface area contributed by atoms with Crippen LogP contribution in [0.4, 0.5) is 0 Å². The fraction of sp³-hybridized carbons (Fsp3) is 0.379. The van der Waals surface area contributed by atoms with Crippen LogP contribution in [-0.4, -0.2) is 80.1 Å². The van der Waals surface area contributed by atoms with Crippen molar-refractivity contribution in [3.8, 4) is 5.75 Å². The minimum Gasteiger partial charge on any atom is -0.486 e. The van der Waals surface area contributed by atoms with Crippen molar-refractivity contribution in [3.05, 3.63) is 66.6 Å². The summed E-state index contributed by atoms with van der Waals surface area (Å²) in [7, 11) is 0. The SMILES string of the molecule is CC(C)[C@H](NC(=O)c1cn2ccccc2n1)C(=O)N1CCC[C@H]1C(=O)N[C@@H](CC(=O)O)C(=O)COc1ccccc1. The van der Waals surface area contributed by atoms with Gasteiger partial charge in [0.2, 0.25) is 11.8 Å². The molecule has 3 aromatic rings. The fourth-order valence-electron chi connectivity index (χ4n) is 4.71. The highest BCUT2D eigenvalue weighted by molar-refractivity contribution is 5.99. The summed E-state index contributed by atoms with van der Waals surface area (Å²) in [4.78, 5) is 69.8. The molecule has 1 saturated heterocycles. The number of nitrogens with zero attached hydrogens (tertiary/aromatic N) is 3. The van der Waals surface area contributed by atoms with Crippen LogP contribution in [0.5, 0.6) is 5.75 Å². The van der Waals surface area contributed by atoms with Gasteiger partial charge in [-0.1, -0.05) is 38.1 Å². The number of amides is 3. The minimum absolute atomic E-state index is 0.151. The van der Waals surface area contributed by atoms with E-state index < -0.39 is 60.6 Å². The van der Waals surface area contributed by atoms with Crippen LogP contribution in [-0.2, 0) is 19.2 Å². The summed E-state index contributed by atoms with van der Waals surface area (Å²) >= 11 is 0. The molecule has 0 aliphatic carbocycles. The van der Waals surface area contributed by atoms with Crippen LogP contribution < -0.4 is 15.4 Å². The normalized spacial score (nSPS) is 16.3. The van der Waals surface area contributed by atoms with Gasteiger partial charge < -0.3 is 29.8 Å². The highest BCUT2D eigenvalue weighted by Crippen LogP contribution is 2.21. The average Bonchev–Trinajstić information content (AvgIpc) is 3.62. The van der Waals surface area contributed by atoms with Crippen LogP contribution in [0.2, 0.25) is 0 Å². The molecule has 0 bridgehead atoms. The quantitative estimate of drug-likeness (QED) is 0.300. The largest absolute Gasteiger partial charge is 0.486 e. The molecule has 1 aliphatic rings. The summed E-state index contributed by atoms with van der Waals surface area (Å²) in [5.74, 6) is -3.35. The van der Waals surface area contributed by atoms with Gasteiger partial charge in [-0.2, -0.15) is 0 Å². The van der Waals surface area contributed by atoms with Crippen molar-refractivity contribution in [2.24, 2.45) is 5.92 Å². The van der Waals surface area contributed by atoms with Gasteiger partial charge in [0, 0.05) is 18.9 Å². The molecule has 0 spiro atoms. The molecule has 0 unspecified atom stereocenters. The first kappa shape index (κ1) is 29.2. The molecule has 1 aromatic carbocycles. The van der Waals surface area contributed by atoms with Crippen LogP contribution >= 0.6 is 0 Å². The number of carboxylic acids is 1. The first-order valence-corrected chi connectivity index (χ1v) is 13.4. The van der Waals surface area contributed by atoms with Gasteiger partial charge in [0.05, 0.1) is 6.42 Å². The number of hydrogen-bond donors (Lipinski definition) is 3. The number of carbonyl (C=O) groups excluding carboxylic acids is 4. The van der Waals surface area contributed by atoms with Crippen molar-refractivity contribution in [3.63, 3.8) is 0 Å². The molecule has 12 nitrogen and oxygen atoms in total.